The van der Waals surface area contributed by atoms with Crippen molar-refractivity contribution in [3.05, 3.63) is 30.2 Å². The van der Waals surface area contributed by atoms with Gasteiger partial charge in [0.25, 0.3) is 5.91 Å². The minimum atomic E-state index is -1.09. The zero-order valence-electron chi connectivity index (χ0n) is 8.23. The van der Waals surface area contributed by atoms with Crippen LogP contribution in [0.5, 0.6) is 0 Å². The summed E-state index contributed by atoms with van der Waals surface area (Å²) in [5.74, 6) is -1.59. The van der Waals surface area contributed by atoms with E-state index in [1.54, 1.807) is 18.5 Å². The molecule has 3 N–H and O–H groups in total. The molecule has 6 heteroatoms. The van der Waals surface area contributed by atoms with Crippen molar-refractivity contribution in [3.8, 4) is 0 Å². The monoisotopic (exact) mass is 219 g/mol. The maximum absolute atomic E-state index is 11.5. The third-order valence-corrected chi connectivity index (χ3v) is 2.07. The van der Waals surface area contributed by atoms with E-state index in [0.29, 0.717) is 0 Å². The number of rotatable bonds is 3. The molecule has 1 amide bonds. The average Bonchev–Trinajstić information content (AvgIpc) is 2.72. The second kappa shape index (κ2) is 4.01. The van der Waals surface area contributed by atoms with Crippen molar-refractivity contribution in [1.82, 2.24) is 15.3 Å². The molecule has 0 aliphatic heterocycles. The summed E-state index contributed by atoms with van der Waals surface area (Å²) in [6.45, 7) is -0.413. The molecule has 82 valence electrons. The van der Waals surface area contributed by atoms with Crippen LogP contribution in [0.2, 0.25) is 0 Å². The number of aliphatic carboxylic acids is 1. The fraction of sp³-hybridized carbons (Fsp3) is 0.100. The van der Waals surface area contributed by atoms with Crippen molar-refractivity contribution in [2.45, 2.75) is 0 Å². The van der Waals surface area contributed by atoms with Crippen LogP contribution in [0.15, 0.2) is 24.5 Å². The van der Waals surface area contributed by atoms with Crippen LogP contribution in [0.4, 0.5) is 0 Å². The number of carbonyl (C=O) groups excluding carboxylic acids is 1. The zero-order chi connectivity index (χ0) is 11.5. The average molecular weight is 219 g/mol. The Morgan fingerprint density at radius 1 is 1.50 bits per heavy atom. The second-order valence-electron chi connectivity index (χ2n) is 3.21. The van der Waals surface area contributed by atoms with Gasteiger partial charge in [-0.15, -0.1) is 0 Å². The Bertz CT molecular complexity index is 547. The van der Waals surface area contributed by atoms with Crippen molar-refractivity contribution < 1.29 is 14.7 Å². The molecule has 2 heterocycles. The van der Waals surface area contributed by atoms with E-state index in [1.807, 2.05) is 6.07 Å². The van der Waals surface area contributed by atoms with Gasteiger partial charge in [-0.05, 0) is 12.1 Å². The number of hydrogen-bond acceptors (Lipinski definition) is 3. The molecule has 0 bridgehead atoms. The standard InChI is InChI=1S/C10H9N3O3/c14-9(15)5-13-10(16)8-3-7-6(4-12-8)1-2-11-7/h1-4,11H,5H2,(H,13,16)(H,14,15). The van der Waals surface area contributed by atoms with Crippen LogP contribution in [-0.2, 0) is 4.79 Å². The van der Waals surface area contributed by atoms with Gasteiger partial charge in [-0.3, -0.25) is 14.6 Å². The molecule has 6 nitrogen and oxygen atoms in total. The van der Waals surface area contributed by atoms with Gasteiger partial charge in [-0.2, -0.15) is 0 Å². The van der Waals surface area contributed by atoms with Gasteiger partial charge in [0.1, 0.15) is 12.2 Å². The quantitative estimate of drug-likeness (QED) is 0.695. The van der Waals surface area contributed by atoms with Crippen LogP contribution in [0, 0.1) is 0 Å². The highest BCUT2D eigenvalue weighted by Crippen LogP contribution is 2.11. The molecule has 2 aromatic heterocycles. The molecule has 2 aromatic rings. The highest BCUT2D eigenvalue weighted by Gasteiger charge is 2.09. The van der Waals surface area contributed by atoms with E-state index >= 15 is 0 Å². The van der Waals surface area contributed by atoms with E-state index in [-0.39, 0.29) is 5.69 Å². The Morgan fingerprint density at radius 3 is 3.06 bits per heavy atom. The number of nitrogens with one attached hydrogen (secondary N) is 2. The van der Waals surface area contributed by atoms with Crippen molar-refractivity contribution in [1.29, 1.82) is 0 Å². The van der Waals surface area contributed by atoms with E-state index in [9.17, 15) is 9.59 Å². The smallest absolute Gasteiger partial charge is 0.322 e. The Hall–Kier alpha value is -2.37. The van der Waals surface area contributed by atoms with Crippen molar-refractivity contribution in [2.75, 3.05) is 6.54 Å². The highest BCUT2D eigenvalue weighted by atomic mass is 16.4. The van der Waals surface area contributed by atoms with Crippen molar-refractivity contribution in [2.24, 2.45) is 0 Å². The number of nitrogens with zero attached hydrogens (tertiary/aromatic N) is 1. The summed E-state index contributed by atoms with van der Waals surface area (Å²) >= 11 is 0. The van der Waals surface area contributed by atoms with E-state index in [0.717, 1.165) is 10.9 Å². The zero-order valence-corrected chi connectivity index (χ0v) is 8.23. The first-order chi connectivity index (χ1) is 7.66. The van der Waals surface area contributed by atoms with Crippen LogP contribution in [0.3, 0.4) is 0 Å². The Labute approximate surface area is 90.3 Å². The van der Waals surface area contributed by atoms with Gasteiger partial charge in [0.2, 0.25) is 0 Å². The Kier molecular flexibility index (Phi) is 2.55. The third-order valence-electron chi connectivity index (χ3n) is 2.07. The number of aromatic amines is 1. The fourth-order valence-electron chi connectivity index (χ4n) is 1.32. The SMILES string of the molecule is O=C(O)CNC(=O)c1cc2[nH]ccc2cn1. The number of amides is 1. The molecule has 0 saturated heterocycles. The number of fused-ring (bicyclic) bond motifs is 1. The van der Waals surface area contributed by atoms with Crippen LogP contribution in [-0.4, -0.2) is 33.5 Å². The lowest BCUT2D eigenvalue weighted by atomic mass is 10.2. The maximum Gasteiger partial charge on any atom is 0.322 e. The van der Waals surface area contributed by atoms with Gasteiger partial charge in [-0.25, -0.2) is 0 Å². The maximum atomic E-state index is 11.5. The largest absolute Gasteiger partial charge is 0.480 e. The van der Waals surface area contributed by atoms with E-state index < -0.39 is 18.4 Å². The first-order valence-corrected chi connectivity index (χ1v) is 4.60. The van der Waals surface area contributed by atoms with E-state index in [4.69, 9.17) is 5.11 Å². The number of carbonyl (C=O) groups is 2. The number of pyridine rings is 1. The molecular formula is C10H9N3O3. The molecule has 0 aromatic carbocycles. The Morgan fingerprint density at radius 2 is 2.31 bits per heavy atom. The first-order valence-electron chi connectivity index (χ1n) is 4.60. The van der Waals surface area contributed by atoms with Gasteiger partial charge in [-0.1, -0.05) is 0 Å². The molecule has 0 saturated carbocycles. The van der Waals surface area contributed by atoms with Gasteiger partial charge in [0, 0.05) is 23.3 Å². The van der Waals surface area contributed by atoms with Gasteiger partial charge < -0.3 is 15.4 Å². The first kappa shape index (κ1) is 10.2. The molecule has 0 unspecified atom stereocenters. The molecule has 0 aliphatic carbocycles. The topological polar surface area (TPSA) is 95.1 Å². The van der Waals surface area contributed by atoms with Crippen LogP contribution in [0.1, 0.15) is 10.5 Å². The van der Waals surface area contributed by atoms with Crippen molar-refractivity contribution >= 4 is 22.8 Å². The molecular weight excluding hydrogens is 210 g/mol. The summed E-state index contributed by atoms with van der Waals surface area (Å²) in [6.07, 6.45) is 3.30. The lowest BCUT2D eigenvalue weighted by Crippen LogP contribution is -2.29. The summed E-state index contributed by atoms with van der Waals surface area (Å²) < 4.78 is 0. The summed E-state index contributed by atoms with van der Waals surface area (Å²) in [6, 6.07) is 3.41. The molecule has 16 heavy (non-hydrogen) atoms. The van der Waals surface area contributed by atoms with Gasteiger partial charge in [0.15, 0.2) is 0 Å². The predicted molar refractivity (Wildman–Crippen MR) is 56.1 cm³/mol. The van der Waals surface area contributed by atoms with Gasteiger partial charge in [0.05, 0.1) is 0 Å². The minimum absolute atomic E-state index is 0.191. The molecule has 0 radical (unpaired) electrons. The van der Waals surface area contributed by atoms with E-state index in [2.05, 4.69) is 15.3 Å². The predicted octanol–water partition coefficient (Wildman–Crippen LogP) is 0.377. The van der Waals surface area contributed by atoms with Crippen LogP contribution < -0.4 is 5.32 Å². The van der Waals surface area contributed by atoms with Gasteiger partial charge >= 0.3 is 5.97 Å². The lowest BCUT2D eigenvalue weighted by Gasteiger charge is -2.01. The summed E-state index contributed by atoms with van der Waals surface area (Å²) in [5.41, 5.74) is 0.978. The molecule has 2 rings (SSSR count). The lowest BCUT2D eigenvalue weighted by molar-refractivity contribution is -0.135. The molecule has 0 spiro atoms. The van der Waals surface area contributed by atoms with E-state index in [1.165, 1.54) is 0 Å². The number of H-pyrrole nitrogens is 1. The summed E-state index contributed by atoms with van der Waals surface area (Å²) in [7, 11) is 0. The number of aromatic nitrogens is 2. The molecule has 0 fully saturated rings. The third kappa shape index (κ3) is 2.00. The Balaban J connectivity index is 2.19. The number of carboxylic acid groups (broad SMARTS) is 1. The molecule has 0 aliphatic rings. The van der Waals surface area contributed by atoms with Crippen LogP contribution >= 0.6 is 0 Å². The summed E-state index contributed by atoms with van der Waals surface area (Å²) in [4.78, 5) is 28.6. The summed E-state index contributed by atoms with van der Waals surface area (Å²) in [5, 5.41) is 11.5. The van der Waals surface area contributed by atoms with Crippen LogP contribution in [0.25, 0.3) is 10.9 Å². The minimum Gasteiger partial charge on any atom is -0.480 e. The highest BCUT2D eigenvalue weighted by molar-refractivity contribution is 5.96. The normalized spacial score (nSPS) is 10.2. The van der Waals surface area contributed by atoms with Crippen molar-refractivity contribution in [3.63, 3.8) is 0 Å². The molecule has 0 atom stereocenters. The number of carboxylic acids is 1. The second-order valence-corrected chi connectivity index (χ2v) is 3.21. The number of hydrogen-bond donors (Lipinski definition) is 3. The fourth-order valence-corrected chi connectivity index (χ4v) is 1.32.